The van der Waals surface area contributed by atoms with Gasteiger partial charge in [0.2, 0.25) is 5.95 Å². The zero-order valence-electron chi connectivity index (χ0n) is 22.3. The molecule has 43 heavy (non-hydrogen) atoms. The van der Waals surface area contributed by atoms with E-state index in [0.29, 0.717) is 11.3 Å². The number of benzene rings is 1. The summed E-state index contributed by atoms with van der Waals surface area (Å²) in [4.78, 5) is 56.1. The molecule has 3 atom stereocenters. The van der Waals surface area contributed by atoms with Gasteiger partial charge in [-0.25, -0.2) is 9.36 Å². The van der Waals surface area contributed by atoms with Crippen molar-refractivity contribution < 1.29 is 42.6 Å². The highest BCUT2D eigenvalue weighted by Crippen LogP contribution is 2.39. The number of esters is 1. The Labute approximate surface area is 240 Å². The number of phosphoric acid groups is 1. The Bertz CT molecular complexity index is 1710. The van der Waals surface area contributed by atoms with E-state index in [0.717, 1.165) is 0 Å². The number of nitrogens with two attached hydrogens (primary N) is 1. The fourth-order valence-corrected chi connectivity index (χ4v) is 4.80. The molecular formula is C22H25N10O10P. The van der Waals surface area contributed by atoms with Gasteiger partial charge in [-0.3, -0.25) is 14.3 Å². The third-order valence-corrected chi connectivity index (χ3v) is 6.77. The van der Waals surface area contributed by atoms with Crippen molar-refractivity contribution in [1.29, 1.82) is 0 Å². The lowest BCUT2D eigenvalue weighted by Gasteiger charge is -2.18. The lowest BCUT2D eigenvalue weighted by molar-refractivity contribution is -0.0583. The molecule has 21 heteroatoms. The smallest absolute Gasteiger partial charge is 0.469 e. The van der Waals surface area contributed by atoms with Crippen molar-refractivity contribution in [3.63, 3.8) is 0 Å². The largest absolute Gasteiger partial charge is 0.497 e. The van der Waals surface area contributed by atoms with Crippen LogP contribution < -0.4 is 16.0 Å². The summed E-state index contributed by atoms with van der Waals surface area (Å²) in [6.45, 7) is -1.50. The van der Waals surface area contributed by atoms with E-state index in [1.54, 1.807) is 0 Å². The third kappa shape index (κ3) is 7.61. The molecule has 0 radical (unpaired) electrons. The molecule has 0 amide bonds. The van der Waals surface area contributed by atoms with E-state index in [9.17, 15) is 14.2 Å². The predicted molar refractivity (Wildman–Crippen MR) is 145 cm³/mol. The Balaban J connectivity index is 1.63. The summed E-state index contributed by atoms with van der Waals surface area (Å²) in [5.41, 5.74) is 23.2. The third-order valence-electron chi connectivity index (χ3n) is 6.28. The number of anilines is 1. The van der Waals surface area contributed by atoms with Gasteiger partial charge < -0.3 is 39.0 Å². The number of nitrogens with one attached hydrogen (secondary N) is 1. The van der Waals surface area contributed by atoms with Crippen LogP contribution in [0.2, 0.25) is 0 Å². The van der Waals surface area contributed by atoms with E-state index >= 15 is 0 Å². The van der Waals surface area contributed by atoms with Gasteiger partial charge in [-0.1, -0.05) is 10.2 Å². The zero-order valence-corrected chi connectivity index (χ0v) is 23.2. The number of methoxy groups -OCH3 is 1. The Morgan fingerprint density at radius 1 is 1.30 bits per heavy atom. The van der Waals surface area contributed by atoms with Crippen LogP contribution in [0.4, 0.5) is 5.95 Å². The molecular weight excluding hydrogens is 595 g/mol. The number of nitrogens with zero attached hydrogens (tertiary/aromatic N) is 8. The van der Waals surface area contributed by atoms with Gasteiger partial charge in [-0.2, -0.15) is 4.98 Å². The maximum atomic E-state index is 13.0. The SMILES string of the molecule is COc1ccc(C(=O)OCc2cn([C@H]3CC(OCN=[N+]=[N-])[C@@H](COP(=O)(O)O)O3)c3nc(N)[nH]c(=O)c23)c(CN=[N+]=[N-])c1. The fourth-order valence-electron chi connectivity index (χ4n) is 4.45. The number of hydrogen-bond acceptors (Lipinski definition) is 12. The van der Waals surface area contributed by atoms with Gasteiger partial charge in [-0.15, -0.1) is 0 Å². The first-order valence-corrected chi connectivity index (χ1v) is 13.8. The molecule has 3 aromatic rings. The molecule has 0 spiro atoms. The van der Waals surface area contributed by atoms with Gasteiger partial charge in [0, 0.05) is 28.0 Å². The van der Waals surface area contributed by atoms with Crippen LogP contribution in [0.1, 0.15) is 34.1 Å². The molecule has 5 N–H and O–H groups in total. The number of hydrogen-bond donors (Lipinski definition) is 4. The van der Waals surface area contributed by atoms with Gasteiger partial charge in [0.25, 0.3) is 5.56 Å². The van der Waals surface area contributed by atoms with Gasteiger partial charge in [-0.05, 0) is 34.8 Å². The Kier molecular flexibility index (Phi) is 9.87. The van der Waals surface area contributed by atoms with Crippen molar-refractivity contribution in [3.8, 4) is 5.75 Å². The predicted octanol–water partition coefficient (Wildman–Crippen LogP) is 2.53. The minimum atomic E-state index is -4.85. The number of nitrogen functional groups attached to an aromatic ring is 1. The molecule has 0 aliphatic carbocycles. The summed E-state index contributed by atoms with van der Waals surface area (Å²) in [6.07, 6.45) is -1.27. The van der Waals surface area contributed by atoms with Crippen LogP contribution in [0, 0.1) is 0 Å². The minimum absolute atomic E-state index is 0.0381. The maximum Gasteiger partial charge on any atom is 0.469 e. The van der Waals surface area contributed by atoms with Crippen molar-refractivity contribution in [2.75, 3.05) is 26.2 Å². The number of ether oxygens (including phenoxy) is 4. The second-order valence-corrected chi connectivity index (χ2v) is 10.2. The molecule has 3 heterocycles. The fraction of sp³-hybridized carbons (Fsp3) is 0.409. The van der Waals surface area contributed by atoms with Crippen molar-refractivity contribution >= 4 is 30.8 Å². The molecule has 2 aromatic heterocycles. The van der Waals surface area contributed by atoms with E-state index in [1.165, 1.54) is 36.1 Å². The number of rotatable bonds is 13. The number of aromatic nitrogens is 3. The van der Waals surface area contributed by atoms with Crippen molar-refractivity contribution in [1.82, 2.24) is 14.5 Å². The molecule has 20 nitrogen and oxygen atoms in total. The number of H-pyrrole nitrogens is 1. The van der Waals surface area contributed by atoms with Gasteiger partial charge in [0.1, 0.15) is 31.4 Å². The van der Waals surface area contributed by atoms with Crippen molar-refractivity contribution in [2.24, 2.45) is 10.2 Å². The zero-order chi connectivity index (χ0) is 31.1. The number of phosphoric ester groups is 1. The summed E-state index contributed by atoms with van der Waals surface area (Å²) in [5.74, 6) is -0.553. The van der Waals surface area contributed by atoms with Crippen molar-refractivity contribution in [2.45, 2.75) is 38.0 Å². The topological polar surface area (TPSA) is 295 Å². The summed E-state index contributed by atoms with van der Waals surface area (Å²) < 4.78 is 39.4. The molecule has 1 fully saturated rings. The average Bonchev–Trinajstić information content (AvgIpc) is 3.54. The Hall–Kier alpha value is -4.64. The second-order valence-electron chi connectivity index (χ2n) is 8.92. The van der Waals surface area contributed by atoms with E-state index < -0.39 is 57.7 Å². The van der Waals surface area contributed by atoms with Gasteiger partial charge in [0.05, 0.1) is 37.3 Å². The minimum Gasteiger partial charge on any atom is -0.497 e. The standard InChI is InChI=1S/C22H25N10O10P/c1-38-13-2-3-14(11(4-13)6-26-30-24)21(34)39-8-12-7-32(19-18(12)20(33)29-22(23)28-19)17-5-15(40-10-27-31-25)16(42-17)9-41-43(35,36)37/h2-4,7,15-17H,5-6,8-10H2,1H3,(H2,35,36,37)(H3,23,28,29,33)/t15?,16-,17-/m1/s1. The van der Waals surface area contributed by atoms with E-state index in [2.05, 4.69) is 34.5 Å². The van der Waals surface area contributed by atoms with Crippen LogP contribution in [0.25, 0.3) is 31.9 Å². The summed E-state index contributed by atoms with van der Waals surface area (Å²) in [6, 6.07) is 4.51. The molecule has 1 unspecified atom stereocenters. The highest BCUT2D eigenvalue weighted by molar-refractivity contribution is 7.46. The monoisotopic (exact) mass is 620 g/mol. The first-order valence-electron chi connectivity index (χ1n) is 12.3. The molecule has 4 rings (SSSR count). The van der Waals surface area contributed by atoms with Crippen molar-refractivity contribution in [3.05, 3.63) is 72.3 Å². The van der Waals surface area contributed by atoms with Crippen LogP contribution in [0.15, 0.2) is 39.4 Å². The van der Waals surface area contributed by atoms with E-state index in [-0.39, 0.29) is 41.1 Å². The number of carbonyl (C=O) groups is 1. The average molecular weight is 620 g/mol. The van der Waals surface area contributed by atoms with Gasteiger partial charge in [0.15, 0.2) is 5.65 Å². The van der Waals surface area contributed by atoms with E-state index in [4.69, 9.17) is 45.5 Å². The molecule has 0 bridgehead atoms. The second kappa shape index (κ2) is 13.6. The summed E-state index contributed by atoms with van der Waals surface area (Å²) in [7, 11) is -3.41. The highest BCUT2D eigenvalue weighted by Gasteiger charge is 2.39. The van der Waals surface area contributed by atoms with Crippen LogP contribution in [0.3, 0.4) is 0 Å². The first kappa shape index (κ1) is 31.3. The molecule has 1 saturated heterocycles. The van der Waals surface area contributed by atoms with Crippen LogP contribution >= 0.6 is 7.82 Å². The number of azide groups is 2. The molecule has 228 valence electrons. The normalized spacial score (nSPS) is 18.2. The number of carbonyl (C=O) groups excluding carboxylic acids is 1. The summed E-state index contributed by atoms with van der Waals surface area (Å²) >= 11 is 0. The summed E-state index contributed by atoms with van der Waals surface area (Å²) in [5, 5.41) is 6.84. The quantitative estimate of drug-likeness (QED) is 0.0704. The lowest BCUT2D eigenvalue weighted by atomic mass is 10.1. The van der Waals surface area contributed by atoms with E-state index in [1.807, 2.05) is 0 Å². The molecule has 1 aliphatic rings. The highest BCUT2D eigenvalue weighted by atomic mass is 31.2. The van der Waals surface area contributed by atoms with Gasteiger partial charge >= 0.3 is 13.8 Å². The molecule has 1 aliphatic heterocycles. The van der Waals surface area contributed by atoms with Crippen LogP contribution in [-0.4, -0.2) is 62.9 Å². The molecule has 1 aromatic carbocycles. The number of aromatic amines is 1. The maximum absolute atomic E-state index is 13.0. The lowest BCUT2D eigenvalue weighted by Crippen LogP contribution is -2.28. The van der Waals surface area contributed by atoms with Crippen LogP contribution in [-0.2, 0) is 36.5 Å². The Morgan fingerprint density at radius 3 is 2.77 bits per heavy atom. The number of fused-ring (bicyclic) bond motifs is 1. The molecule has 0 saturated carbocycles. The first-order chi connectivity index (χ1) is 20.5. The van der Waals surface area contributed by atoms with Crippen LogP contribution in [0.5, 0.6) is 5.75 Å². The Morgan fingerprint density at radius 2 is 2.07 bits per heavy atom.